The minimum atomic E-state index is -0.226. The molecule has 0 bridgehead atoms. The van der Waals surface area contributed by atoms with Crippen LogP contribution in [-0.4, -0.2) is 16.0 Å². The normalized spacial score (nSPS) is 14.1. The summed E-state index contributed by atoms with van der Waals surface area (Å²) in [5.41, 5.74) is 2.88. The van der Waals surface area contributed by atoms with Gasteiger partial charge in [-0.1, -0.05) is 78.2 Å². The molecule has 182 valence electrons. The van der Waals surface area contributed by atoms with Crippen LogP contribution in [0.15, 0.2) is 11.6 Å². The van der Waals surface area contributed by atoms with Gasteiger partial charge in [-0.15, -0.1) is 0 Å². The summed E-state index contributed by atoms with van der Waals surface area (Å²) in [5.74, 6) is 2.22. The summed E-state index contributed by atoms with van der Waals surface area (Å²) < 4.78 is 0. The second-order valence-corrected chi connectivity index (χ2v) is 10.7. The lowest BCUT2D eigenvalue weighted by Crippen LogP contribution is -2.03. The fourth-order valence-electron chi connectivity index (χ4n) is 4.50. The van der Waals surface area contributed by atoms with Gasteiger partial charge in [-0.05, 0) is 75.5 Å². The summed E-state index contributed by atoms with van der Waals surface area (Å²) in [7, 11) is 0. The molecule has 32 heavy (non-hydrogen) atoms. The topological polar surface area (TPSA) is 57.5 Å². The molecule has 1 aromatic carbocycles. The van der Waals surface area contributed by atoms with Gasteiger partial charge in [0.15, 0.2) is 5.78 Å². The highest BCUT2D eigenvalue weighted by Crippen LogP contribution is 2.36. The first kappa shape index (κ1) is 28.3. The summed E-state index contributed by atoms with van der Waals surface area (Å²) in [5, 5.41) is 20.7. The molecule has 0 aliphatic rings. The molecule has 0 spiro atoms. The molecule has 0 saturated heterocycles. The predicted molar refractivity (Wildman–Crippen MR) is 137 cm³/mol. The lowest BCUT2D eigenvalue weighted by Gasteiger charge is -2.15. The number of aromatic hydroxyl groups is 2. The summed E-state index contributed by atoms with van der Waals surface area (Å²) in [4.78, 5) is 12.8. The number of hydrogen-bond donors (Lipinski definition) is 2. The Morgan fingerprint density at radius 2 is 1.22 bits per heavy atom. The average molecular weight is 445 g/mol. The third kappa shape index (κ3) is 9.00. The number of carbonyl (C=O) groups is 1. The second kappa shape index (κ2) is 13.7. The van der Waals surface area contributed by atoms with Crippen LogP contribution >= 0.6 is 0 Å². The van der Waals surface area contributed by atoms with Crippen molar-refractivity contribution >= 4 is 5.78 Å². The van der Waals surface area contributed by atoms with Crippen LogP contribution in [0.3, 0.4) is 0 Å². The van der Waals surface area contributed by atoms with Crippen molar-refractivity contribution in [3.05, 3.63) is 33.9 Å². The Hall–Kier alpha value is -1.77. The first-order valence-corrected chi connectivity index (χ1v) is 12.7. The molecule has 0 saturated carbocycles. The van der Waals surface area contributed by atoms with E-state index in [4.69, 9.17) is 0 Å². The van der Waals surface area contributed by atoms with Gasteiger partial charge in [-0.2, -0.15) is 0 Å². The SMILES string of the molecule is C/C(=C\C(=O)c1c(C)c(O)c(C)c(C)c1O)CCC[C@H](C)CCC[C@H](C)CCCC(C)C. The number of allylic oxidation sites excluding steroid dienone is 2. The fourth-order valence-corrected chi connectivity index (χ4v) is 4.50. The Bertz CT molecular complexity index is 744. The third-order valence-corrected chi connectivity index (χ3v) is 7.00. The number of rotatable bonds is 14. The predicted octanol–water partition coefficient (Wildman–Crippen LogP) is 8.59. The van der Waals surface area contributed by atoms with Crippen LogP contribution in [0, 0.1) is 38.5 Å². The fraction of sp³-hybridized carbons (Fsp3) is 0.690. The highest BCUT2D eigenvalue weighted by Gasteiger charge is 2.20. The number of phenolic OH excluding ortho intramolecular Hbond substituents is 2. The molecule has 0 radical (unpaired) electrons. The maximum atomic E-state index is 12.8. The summed E-state index contributed by atoms with van der Waals surface area (Å²) in [6.07, 6.45) is 12.8. The van der Waals surface area contributed by atoms with E-state index in [1.807, 2.05) is 6.92 Å². The van der Waals surface area contributed by atoms with E-state index in [-0.39, 0.29) is 22.8 Å². The van der Waals surface area contributed by atoms with Gasteiger partial charge in [0.1, 0.15) is 11.5 Å². The average Bonchev–Trinajstić information content (AvgIpc) is 2.70. The molecule has 3 nitrogen and oxygen atoms in total. The maximum absolute atomic E-state index is 12.8. The summed E-state index contributed by atoms with van der Waals surface area (Å²) in [6.45, 7) is 16.5. The monoisotopic (exact) mass is 444 g/mol. The van der Waals surface area contributed by atoms with Crippen molar-refractivity contribution in [2.75, 3.05) is 0 Å². The molecular formula is C29H48O3. The van der Waals surface area contributed by atoms with Crippen molar-refractivity contribution in [1.82, 2.24) is 0 Å². The van der Waals surface area contributed by atoms with E-state index < -0.39 is 0 Å². The second-order valence-electron chi connectivity index (χ2n) is 10.7. The lowest BCUT2D eigenvalue weighted by molar-refractivity contribution is 0.104. The zero-order valence-electron chi connectivity index (χ0n) is 22.0. The molecule has 0 aliphatic heterocycles. The Morgan fingerprint density at radius 3 is 1.75 bits per heavy atom. The first-order chi connectivity index (χ1) is 15.0. The molecule has 0 aliphatic carbocycles. The van der Waals surface area contributed by atoms with Crippen LogP contribution in [0.4, 0.5) is 0 Å². The lowest BCUT2D eigenvalue weighted by atomic mass is 9.91. The molecular weight excluding hydrogens is 396 g/mol. The Balaban J connectivity index is 2.45. The van der Waals surface area contributed by atoms with Crippen molar-refractivity contribution in [3.63, 3.8) is 0 Å². The number of ketones is 1. The van der Waals surface area contributed by atoms with Crippen molar-refractivity contribution < 1.29 is 15.0 Å². The van der Waals surface area contributed by atoms with Crippen molar-refractivity contribution in [3.8, 4) is 11.5 Å². The largest absolute Gasteiger partial charge is 0.507 e. The van der Waals surface area contributed by atoms with E-state index in [9.17, 15) is 15.0 Å². The van der Waals surface area contributed by atoms with Crippen LogP contribution in [0.25, 0.3) is 0 Å². The van der Waals surface area contributed by atoms with Gasteiger partial charge in [0.05, 0.1) is 5.56 Å². The minimum Gasteiger partial charge on any atom is -0.507 e. The number of carbonyl (C=O) groups excluding carboxylic acids is 1. The number of benzene rings is 1. The Labute approximate surface area is 197 Å². The van der Waals surface area contributed by atoms with E-state index in [1.165, 1.54) is 44.9 Å². The van der Waals surface area contributed by atoms with Crippen molar-refractivity contribution in [2.45, 2.75) is 113 Å². The molecule has 0 unspecified atom stereocenters. The van der Waals surface area contributed by atoms with E-state index >= 15 is 0 Å². The highest BCUT2D eigenvalue weighted by molar-refractivity contribution is 6.08. The van der Waals surface area contributed by atoms with E-state index in [1.54, 1.807) is 26.8 Å². The molecule has 2 N–H and O–H groups in total. The van der Waals surface area contributed by atoms with Crippen LogP contribution in [0.2, 0.25) is 0 Å². The first-order valence-electron chi connectivity index (χ1n) is 12.7. The molecule has 0 amide bonds. The molecule has 1 aromatic rings. The molecule has 3 heteroatoms. The van der Waals surface area contributed by atoms with Gasteiger partial charge >= 0.3 is 0 Å². The maximum Gasteiger partial charge on any atom is 0.189 e. The molecule has 2 atom stereocenters. The van der Waals surface area contributed by atoms with Gasteiger partial charge < -0.3 is 10.2 Å². The van der Waals surface area contributed by atoms with E-state index in [0.29, 0.717) is 22.6 Å². The number of hydrogen-bond acceptors (Lipinski definition) is 3. The van der Waals surface area contributed by atoms with Crippen molar-refractivity contribution in [1.29, 1.82) is 0 Å². The molecule has 0 fully saturated rings. The Kier molecular flexibility index (Phi) is 12.1. The van der Waals surface area contributed by atoms with Crippen molar-refractivity contribution in [2.24, 2.45) is 17.8 Å². The van der Waals surface area contributed by atoms with Crippen LogP contribution in [-0.2, 0) is 0 Å². The van der Waals surface area contributed by atoms with Crippen LogP contribution < -0.4 is 0 Å². The van der Waals surface area contributed by atoms with E-state index in [2.05, 4.69) is 27.7 Å². The van der Waals surface area contributed by atoms with E-state index in [0.717, 1.165) is 30.3 Å². The quantitative estimate of drug-likeness (QED) is 0.171. The minimum absolute atomic E-state index is 0.0149. The van der Waals surface area contributed by atoms with Gasteiger partial charge in [0.2, 0.25) is 0 Å². The van der Waals surface area contributed by atoms with Gasteiger partial charge in [0, 0.05) is 5.56 Å². The Morgan fingerprint density at radius 1 is 0.750 bits per heavy atom. The zero-order valence-corrected chi connectivity index (χ0v) is 22.0. The third-order valence-electron chi connectivity index (χ3n) is 7.00. The van der Waals surface area contributed by atoms with Crippen LogP contribution in [0.5, 0.6) is 11.5 Å². The standard InChI is InChI=1S/C29H48O3/c1-19(2)12-9-13-20(3)14-10-15-21(4)16-11-17-22(5)18-26(30)27-25(8)28(31)23(6)24(7)29(27)32/h18-21,31-32H,9-17H2,1-8H3/b22-18+/t20-,21-/m1/s1. The van der Waals surface area contributed by atoms with Gasteiger partial charge in [-0.25, -0.2) is 0 Å². The molecule has 1 rings (SSSR count). The van der Waals surface area contributed by atoms with Gasteiger partial charge in [0.25, 0.3) is 0 Å². The molecule has 0 heterocycles. The summed E-state index contributed by atoms with van der Waals surface area (Å²) in [6, 6.07) is 0. The van der Waals surface area contributed by atoms with Gasteiger partial charge in [-0.3, -0.25) is 4.79 Å². The highest BCUT2D eigenvalue weighted by atomic mass is 16.3. The summed E-state index contributed by atoms with van der Waals surface area (Å²) >= 11 is 0. The van der Waals surface area contributed by atoms with Crippen LogP contribution in [0.1, 0.15) is 119 Å². The molecule has 0 aromatic heterocycles. The zero-order chi connectivity index (χ0) is 24.4. The number of phenols is 2. The smallest absolute Gasteiger partial charge is 0.189 e.